The summed E-state index contributed by atoms with van der Waals surface area (Å²) in [5.41, 5.74) is 7.82. The van der Waals surface area contributed by atoms with Gasteiger partial charge in [-0.25, -0.2) is 0 Å². The van der Waals surface area contributed by atoms with Crippen molar-refractivity contribution in [3.8, 4) is 5.75 Å². The van der Waals surface area contributed by atoms with Crippen molar-refractivity contribution >= 4 is 27.5 Å². The minimum Gasteiger partial charge on any atom is -0.496 e. The lowest BCUT2D eigenvalue weighted by Crippen LogP contribution is -2.28. The number of amides is 1. The standard InChI is InChI=1S/C16H18BrN3O2/c1-20(10-11-7-12(17)3-6-15(11)22-2)16(21)8-14-5-4-13(18)9-19-14/h3-7,9H,8,10,18H2,1-2H3. The van der Waals surface area contributed by atoms with Gasteiger partial charge in [-0.15, -0.1) is 0 Å². The molecule has 2 rings (SSSR count). The van der Waals surface area contributed by atoms with Crippen molar-refractivity contribution in [2.75, 3.05) is 19.9 Å². The van der Waals surface area contributed by atoms with Crippen LogP contribution in [0.2, 0.25) is 0 Å². The van der Waals surface area contributed by atoms with Gasteiger partial charge in [0, 0.05) is 29.3 Å². The lowest BCUT2D eigenvalue weighted by Gasteiger charge is -2.19. The molecule has 1 aromatic heterocycles. The molecule has 0 spiro atoms. The minimum atomic E-state index is -0.0145. The third-order valence-electron chi connectivity index (χ3n) is 3.26. The van der Waals surface area contributed by atoms with Crippen molar-refractivity contribution < 1.29 is 9.53 Å². The van der Waals surface area contributed by atoms with E-state index in [4.69, 9.17) is 10.5 Å². The molecule has 1 heterocycles. The molecule has 6 heteroatoms. The van der Waals surface area contributed by atoms with Crippen LogP contribution in [-0.2, 0) is 17.8 Å². The monoisotopic (exact) mass is 363 g/mol. The van der Waals surface area contributed by atoms with Crippen LogP contribution in [0.15, 0.2) is 41.0 Å². The topological polar surface area (TPSA) is 68.5 Å². The number of pyridine rings is 1. The smallest absolute Gasteiger partial charge is 0.228 e. The fourth-order valence-electron chi connectivity index (χ4n) is 2.04. The Morgan fingerprint density at radius 2 is 2.14 bits per heavy atom. The van der Waals surface area contributed by atoms with Crippen LogP contribution in [0.25, 0.3) is 0 Å². The van der Waals surface area contributed by atoms with Crippen LogP contribution in [0.1, 0.15) is 11.3 Å². The van der Waals surface area contributed by atoms with Crippen molar-refractivity contribution in [3.63, 3.8) is 0 Å². The van der Waals surface area contributed by atoms with Gasteiger partial charge >= 0.3 is 0 Å². The SMILES string of the molecule is COc1ccc(Br)cc1CN(C)C(=O)Cc1ccc(N)cn1. The first-order chi connectivity index (χ1) is 10.5. The summed E-state index contributed by atoms with van der Waals surface area (Å²) in [4.78, 5) is 18.1. The molecule has 0 radical (unpaired) electrons. The van der Waals surface area contributed by atoms with Crippen LogP contribution in [0.4, 0.5) is 5.69 Å². The predicted molar refractivity (Wildman–Crippen MR) is 89.5 cm³/mol. The summed E-state index contributed by atoms with van der Waals surface area (Å²) < 4.78 is 6.28. The molecule has 0 aliphatic heterocycles. The molecular weight excluding hydrogens is 346 g/mol. The Balaban J connectivity index is 2.05. The minimum absolute atomic E-state index is 0.0145. The predicted octanol–water partition coefficient (Wildman–Crippen LogP) is 2.64. The van der Waals surface area contributed by atoms with Gasteiger partial charge < -0.3 is 15.4 Å². The van der Waals surface area contributed by atoms with Crippen LogP contribution in [0.3, 0.4) is 0 Å². The lowest BCUT2D eigenvalue weighted by molar-refractivity contribution is -0.129. The quantitative estimate of drug-likeness (QED) is 0.886. The van der Waals surface area contributed by atoms with Crippen molar-refractivity contribution in [2.24, 2.45) is 0 Å². The number of halogens is 1. The molecule has 22 heavy (non-hydrogen) atoms. The summed E-state index contributed by atoms with van der Waals surface area (Å²) in [6, 6.07) is 9.24. The third-order valence-corrected chi connectivity index (χ3v) is 3.75. The molecule has 0 fully saturated rings. The molecule has 0 saturated heterocycles. The molecule has 0 saturated carbocycles. The zero-order chi connectivity index (χ0) is 16.1. The summed E-state index contributed by atoms with van der Waals surface area (Å²) in [7, 11) is 3.38. The average Bonchev–Trinajstić information content (AvgIpc) is 2.49. The molecule has 116 valence electrons. The first kappa shape index (κ1) is 16.3. The number of ether oxygens (including phenoxy) is 1. The molecule has 0 aliphatic carbocycles. The number of hydrogen-bond acceptors (Lipinski definition) is 4. The number of nitrogens with two attached hydrogens (primary N) is 1. The van der Waals surface area contributed by atoms with E-state index in [1.54, 1.807) is 37.4 Å². The molecule has 0 bridgehead atoms. The number of rotatable bonds is 5. The first-order valence-corrected chi connectivity index (χ1v) is 7.55. The highest BCUT2D eigenvalue weighted by atomic mass is 79.9. The van der Waals surface area contributed by atoms with Crippen LogP contribution >= 0.6 is 15.9 Å². The summed E-state index contributed by atoms with van der Waals surface area (Å²) in [6.07, 6.45) is 1.80. The maximum absolute atomic E-state index is 12.3. The van der Waals surface area contributed by atoms with Gasteiger partial charge in [-0.3, -0.25) is 9.78 Å². The van der Waals surface area contributed by atoms with Crippen LogP contribution < -0.4 is 10.5 Å². The van der Waals surface area contributed by atoms with Gasteiger partial charge in [0.05, 0.1) is 25.4 Å². The highest BCUT2D eigenvalue weighted by molar-refractivity contribution is 9.10. The second-order valence-electron chi connectivity index (χ2n) is 4.97. The number of aromatic nitrogens is 1. The van der Waals surface area contributed by atoms with Crippen LogP contribution in [-0.4, -0.2) is 29.9 Å². The Kier molecular flexibility index (Phi) is 5.38. The van der Waals surface area contributed by atoms with Crippen molar-refractivity contribution in [2.45, 2.75) is 13.0 Å². The van der Waals surface area contributed by atoms with Gasteiger partial charge in [0.1, 0.15) is 5.75 Å². The normalized spacial score (nSPS) is 10.3. The number of carbonyl (C=O) groups is 1. The van der Waals surface area contributed by atoms with E-state index in [1.165, 1.54) is 0 Å². The molecule has 2 aromatic rings. The van der Waals surface area contributed by atoms with Crippen LogP contribution in [0.5, 0.6) is 5.75 Å². The van der Waals surface area contributed by atoms with Crippen molar-refractivity contribution in [3.05, 3.63) is 52.3 Å². The first-order valence-electron chi connectivity index (χ1n) is 6.76. The maximum atomic E-state index is 12.3. The Hall–Kier alpha value is -2.08. The van der Waals surface area contributed by atoms with Gasteiger partial charge in [0.15, 0.2) is 0 Å². The zero-order valence-electron chi connectivity index (χ0n) is 12.5. The van der Waals surface area contributed by atoms with Crippen molar-refractivity contribution in [1.82, 2.24) is 9.88 Å². The van der Waals surface area contributed by atoms with E-state index in [1.807, 2.05) is 18.2 Å². The number of nitrogens with zero attached hydrogens (tertiary/aromatic N) is 2. The molecule has 0 unspecified atom stereocenters. The Morgan fingerprint density at radius 3 is 2.77 bits per heavy atom. The van der Waals surface area contributed by atoms with Gasteiger partial charge in [-0.1, -0.05) is 15.9 Å². The Morgan fingerprint density at radius 1 is 1.36 bits per heavy atom. The number of likely N-dealkylation sites (N-methyl/N-ethyl adjacent to an activating group) is 1. The number of nitrogen functional groups attached to an aromatic ring is 1. The summed E-state index contributed by atoms with van der Waals surface area (Å²) in [6.45, 7) is 0.469. The number of anilines is 1. The maximum Gasteiger partial charge on any atom is 0.228 e. The van der Waals surface area contributed by atoms with E-state index in [-0.39, 0.29) is 12.3 Å². The molecule has 0 atom stereocenters. The van der Waals surface area contributed by atoms with Gasteiger partial charge in [0.2, 0.25) is 5.91 Å². The van der Waals surface area contributed by atoms with Crippen LogP contribution in [0, 0.1) is 0 Å². The van der Waals surface area contributed by atoms with E-state index in [0.29, 0.717) is 17.9 Å². The van der Waals surface area contributed by atoms with E-state index < -0.39 is 0 Å². The third kappa shape index (κ3) is 4.21. The summed E-state index contributed by atoms with van der Waals surface area (Å²) in [5.74, 6) is 0.743. The zero-order valence-corrected chi connectivity index (χ0v) is 14.1. The Bertz CT molecular complexity index is 659. The number of methoxy groups -OCH3 is 1. The summed E-state index contributed by atoms with van der Waals surface area (Å²) in [5, 5.41) is 0. The van der Waals surface area contributed by atoms with E-state index in [9.17, 15) is 4.79 Å². The van der Waals surface area contributed by atoms with Gasteiger partial charge in [-0.2, -0.15) is 0 Å². The molecule has 5 nitrogen and oxygen atoms in total. The summed E-state index contributed by atoms with van der Waals surface area (Å²) >= 11 is 3.43. The average molecular weight is 364 g/mol. The molecule has 1 amide bonds. The molecular formula is C16H18BrN3O2. The fourth-order valence-corrected chi connectivity index (χ4v) is 2.45. The number of carbonyl (C=O) groups excluding carboxylic acids is 1. The number of hydrogen-bond donors (Lipinski definition) is 1. The second kappa shape index (κ2) is 7.26. The number of benzene rings is 1. The van der Waals surface area contributed by atoms with E-state index in [0.717, 1.165) is 15.8 Å². The Labute approximate surface area is 138 Å². The molecule has 0 aliphatic rings. The largest absolute Gasteiger partial charge is 0.496 e. The fraction of sp³-hybridized carbons (Fsp3) is 0.250. The lowest BCUT2D eigenvalue weighted by atomic mass is 10.1. The molecule has 2 N–H and O–H groups in total. The molecule has 1 aromatic carbocycles. The van der Waals surface area contributed by atoms with Gasteiger partial charge in [0.25, 0.3) is 0 Å². The van der Waals surface area contributed by atoms with E-state index in [2.05, 4.69) is 20.9 Å². The van der Waals surface area contributed by atoms with Gasteiger partial charge in [-0.05, 0) is 30.3 Å². The highest BCUT2D eigenvalue weighted by Crippen LogP contribution is 2.24. The van der Waals surface area contributed by atoms with E-state index >= 15 is 0 Å². The second-order valence-corrected chi connectivity index (χ2v) is 5.88. The highest BCUT2D eigenvalue weighted by Gasteiger charge is 2.13. The van der Waals surface area contributed by atoms with Crippen molar-refractivity contribution in [1.29, 1.82) is 0 Å².